The van der Waals surface area contributed by atoms with E-state index in [0.29, 0.717) is 17.7 Å². The zero-order valence-electron chi connectivity index (χ0n) is 11.1. The van der Waals surface area contributed by atoms with Gasteiger partial charge in [-0.25, -0.2) is 0 Å². The minimum Gasteiger partial charge on any atom is -0.491 e. The van der Waals surface area contributed by atoms with Gasteiger partial charge in [-0.05, 0) is 38.9 Å². The summed E-state index contributed by atoms with van der Waals surface area (Å²) >= 11 is 5.97. The van der Waals surface area contributed by atoms with Crippen molar-refractivity contribution in [1.82, 2.24) is 5.32 Å². The highest BCUT2D eigenvalue weighted by molar-refractivity contribution is 6.32. The molecule has 0 atom stereocenters. The Labute approximate surface area is 114 Å². The van der Waals surface area contributed by atoms with Gasteiger partial charge in [0.1, 0.15) is 12.4 Å². The van der Waals surface area contributed by atoms with Crippen molar-refractivity contribution < 1.29 is 9.47 Å². The number of halogens is 1. The minimum absolute atomic E-state index is 0.313. The summed E-state index contributed by atoms with van der Waals surface area (Å²) in [5.41, 5.74) is 0. The molecule has 0 fully saturated rings. The number of rotatable bonds is 9. The summed E-state index contributed by atoms with van der Waals surface area (Å²) in [6.07, 6.45) is 1.33. The van der Waals surface area contributed by atoms with Crippen molar-refractivity contribution in [1.29, 1.82) is 0 Å². The number of hydrogen-bond donors (Lipinski definition) is 1. The van der Waals surface area contributed by atoms with Gasteiger partial charge in [0.25, 0.3) is 0 Å². The average molecular weight is 272 g/mol. The summed E-state index contributed by atoms with van der Waals surface area (Å²) < 4.78 is 11.0. The molecule has 0 amide bonds. The quantitative estimate of drug-likeness (QED) is 0.700. The molecule has 1 rings (SSSR count). The number of hydrogen-bond acceptors (Lipinski definition) is 3. The smallest absolute Gasteiger partial charge is 0.137 e. The van der Waals surface area contributed by atoms with Crippen LogP contribution >= 0.6 is 11.6 Å². The molecular weight excluding hydrogens is 250 g/mol. The Morgan fingerprint density at radius 2 is 1.94 bits per heavy atom. The molecule has 3 nitrogen and oxygen atoms in total. The molecule has 0 saturated carbocycles. The molecule has 0 radical (unpaired) electrons. The van der Waals surface area contributed by atoms with Gasteiger partial charge in [-0.15, -0.1) is 0 Å². The lowest BCUT2D eigenvalue weighted by Gasteiger charge is -2.09. The van der Waals surface area contributed by atoms with Crippen molar-refractivity contribution in [3.8, 4) is 5.75 Å². The second kappa shape index (κ2) is 9.20. The Morgan fingerprint density at radius 3 is 2.67 bits per heavy atom. The highest BCUT2D eigenvalue weighted by Gasteiger charge is 1.98. The van der Waals surface area contributed by atoms with E-state index >= 15 is 0 Å². The Morgan fingerprint density at radius 1 is 1.17 bits per heavy atom. The summed E-state index contributed by atoms with van der Waals surface area (Å²) in [5.74, 6) is 0.740. The van der Waals surface area contributed by atoms with Gasteiger partial charge in [0.2, 0.25) is 0 Å². The normalized spacial score (nSPS) is 10.9. The molecule has 1 N–H and O–H groups in total. The molecule has 0 unspecified atom stereocenters. The first-order valence-electron chi connectivity index (χ1n) is 6.40. The first-order valence-corrected chi connectivity index (χ1v) is 6.77. The minimum atomic E-state index is 0.313. The Hall–Kier alpha value is -0.770. The maximum atomic E-state index is 5.97. The molecule has 1 aromatic rings. The molecule has 4 heteroatoms. The van der Waals surface area contributed by atoms with Crippen molar-refractivity contribution in [3.05, 3.63) is 29.3 Å². The molecule has 0 bridgehead atoms. The van der Waals surface area contributed by atoms with Gasteiger partial charge < -0.3 is 14.8 Å². The van der Waals surface area contributed by atoms with Crippen LogP contribution in [-0.4, -0.2) is 32.4 Å². The highest BCUT2D eigenvalue weighted by atomic mass is 35.5. The van der Waals surface area contributed by atoms with Crippen LogP contribution in [0.5, 0.6) is 5.75 Å². The third kappa shape index (κ3) is 6.84. The summed E-state index contributed by atoms with van der Waals surface area (Å²) in [5, 5.41) is 3.96. The number of ether oxygens (including phenoxy) is 2. The topological polar surface area (TPSA) is 30.5 Å². The standard InChI is InChI=1S/C14H22ClNO2/c1-12(2)17-10-5-8-16-9-11-18-14-7-4-3-6-13(14)15/h3-4,6-7,12,16H,5,8-11H2,1-2H3. The summed E-state index contributed by atoms with van der Waals surface area (Å²) in [6, 6.07) is 7.51. The molecule has 0 aliphatic rings. The van der Waals surface area contributed by atoms with Crippen LogP contribution in [0.25, 0.3) is 0 Å². The van der Waals surface area contributed by atoms with Crippen molar-refractivity contribution in [2.45, 2.75) is 26.4 Å². The number of para-hydroxylation sites is 1. The summed E-state index contributed by atoms with van der Waals surface area (Å²) in [4.78, 5) is 0. The lowest BCUT2D eigenvalue weighted by atomic mass is 10.3. The highest BCUT2D eigenvalue weighted by Crippen LogP contribution is 2.22. The van der Waals surface area contributed by atoms with Crippen molar-refractivity contribution in [3.63, 3.8) is 0 Å². The van der Waals surface area contributed by atoms with E-state index in [-0.39, 0.29) is 0 Å². The van der Waals surface area contributed by atoms with Crippen LogP contribution in [0.4, 0.5) is 0 Å². The van der Waals surface area contributed by atoms with Gasteiger partial charge in [0, 0.05) is 13.2 Å². The monoisotopic (exact) mass is 271 g/mol. The van der Waals surface area contributed by atoms with Crippen LogP contribution in [0.15, 0.2) is 24.3 Å². The van der Waals surface area contributed by atoms with Gasteiger partial charge in [0.15, 0.2) is 0 Å². The van der Waals surface area contributed by atoms with Crippen molar-refractivity contribution in [2.75, 3.05) is 26.3 Å². The Balaban J connectivity index is 1.98. The SMILES string of the molecule is CC(C)OCCCNCCOc1ccccc1Cl. The van der Waals surface area contributed by atoms with E-state index in [0.717, 1.165) is 31.9 Å². The van der Waals surface area contributed by atoms with Crippen LogP contribution in [0.2, 0.25) is 5.02 Å². The zero-order valence-corrected chi connectivity index (χ0v) is 11.9. The van der Waals surface area contributed by atoms with E-state index < -0.39 is 0 Å². The molecule has 18 heavy (non-hydrogen) atoms. The van der Waals surface area contributed by atoms with E-state index in [1.54, 1.807) is 0 Å². The van der Waals surface area contributed by atoms with E-state index in [2.05, 4.69) is 5.32 Å². The van der Waals surface area contributed by atoms with Crippen LogP contribution in [0, 0.1) is 0 Å². The molecule has 0 saturated heterocycles. The van der Waals surface area contributed by atoms with Gasteiger partial charge in [-0.1, -0.05) is 23.7 Å². The van der Waals surface area contributed by atoms with Gasteiger partial charge in [0.05, 0.1) is 11.1 Å². The summed E-state index contributed by atoms with van der Waals surface area (Å²) in [6.45, 7) is 7.27. The fourth-order valence-electron chi connectivity index (χ4n) is 1.44. The predicted molar refractivity (Wildman–Crippen MR) is 75.5 cm³/mol. The molecule has 0 aromatic heterocycles. The third-order valence-corrected chi connectivity index (χ3v) is 2.63. The van der Waals surface area contributed by atoms with Crippen LogP contribution in [-0.2, 0) is 4.74 Å². The third-order valence-electron chi connectivity index (χ3n) is 2.32. The van der Waals surface area contributed by atoms with Gasteiger partial charge >= 0.3 is 0 Å². The lowest BCUT2D eigenvalue weighted by Crippen LogP contribution is -2.23. The van der Waals surface area contributed by atoms with Crippen LogP contribution in [0.3, 0.4) is 0 Å². The molecule has 1 aromatic carbocycles. The maximum absolute atomic E-state index is 5.97. The zero-order chi connectivity index (χ0) is 13.2. The number of benzene rings is 1. The van der Waals surface area contributed by atoms with Gasteiger partial charge in [-0.3, -0.25) is 0 Å². The first-order chi connectivity index (χ1) is 8.70. The van der Waals surface area contributed by atoms with Gasteiger partial charge in [-0.2, -0.15) is 0 Å². The summed E-state index contributed by atoms with van der Waals surface area (Å²) in [7, 11) is 0. The second-order valence-electron chi connectivity index (χ2n) is 4.30. The van der Waals surface area contributed by atoms with Crippen molar-refractivity contribution >= 4 is 11.6 Å². The fraction of sp³-hybridized carbons (Fsp3) is 0.571. The number of nitrogens with one attached hydrogen (secondary N) is 1. The second-order valence-corrected chi connectivity index (χ2v) is 4.71. The Bertz CT molecular complexity index is 331. The molecular formula is C14H22ClNO2. The molecule has 0 heterocycles. The lowest BCUT2D eigenvalue weighted by molar-refractivity contribution is 0.0770. The van der Waals surface area contributed by atoms with Crippen LogP contribution < -0.4 is 10.1 Å². The maximum Gasteiger partial charge on any atom is 0.137 e. The largest absolute Gasteiger partial charge is 0.491 e. The predicted octanol–water partition coefficient (Wildman–Crippen LogP) is 3.12. The van der Waals surface area contributed by atoms with Crippen molar-refractivity contribution in [2.24, 2.45) is 0 Å². The van der Waals surface area contributed by atoms with E-state index in [1.807, 2.05) is 38.1 Å². The fourth-order valence-corrected chi connectivity index (χ4v) is 1.63. The molecule has 0 spiro atoms. The van der Waals surface area contributed by atoms with E-state index in [9.17, 15) is 0 Å². The molecule has 102 valence electrons. The molecule has 0 aliphatic carbocycles. The molecule has 0 aliphatic heterocycles. The van der Waals surface area contributed by atoms with E-state index in [1.165, 1.54) is 0 Å². The van der Waals surface area contributed by atoms with E-state index in [4.69, 9.17) is 21.1 Å². The van der Waals surface area contributed by atoms with Crippen LogP contribution in [0.1, 0.15) is 20.3 Å². The first kappa shape index (κ1) is 15.3. The Kier molecular flexibility index (Phi) is 7.81. The average Bonchev–Trinajstić information content (AvgIpc) is 2.34.